The molecule has 0 aromatic heterocycles. The highest BCUT2D eigenvalue weighted by atomic mass is 19.1. The van der Waals surface area contributed by atoms with Crippen LogP contribution in [-0.2, 0) is 0 Å². The van der Waals surface area contributed by atoms with Crippen molar-refractivity contribution in [2.75, 3.05) is 20.1 Å². The van der Waals surface area contributed by atoms with E-state index in [1.165, 1.54) is 12.1 Å². The Morgan fingerprint density at radius 3 is 2.76 bits per heavy atom. The Balaban J connectivity index is 2.15. The summed E-state index contributed by atoms with van der Waals surface area (Å²) in [6.45, 7) is 3.89. The van der Waals surface area contributed by atoms with E-state index >= 15 is 0 Å². The fourth-order valence-electron chi connectivity index (χ4n) is 2.36. The summed E-state index contributed by atoms with van der Waals surface area (Å²) in [6.07, 6.45) is 1.07. The molecule has 0 spiro atoms. The fourth-order valence-corrected chi connectivity index (χ4v) is 2.36. The Morgan fingerprint density at radius 1 is 1.41 bits per heavy atom. The first-order valence-corrected chi connectivity index (χ1v) is 5.97. The van der Waals surface area contributed by atoms with Crippen molar-refractivity contribution in [3.63, 3.8) is 0 Å². The molecule has 0 saturated carbocycles. The zero-order chi connectivity index (χ0) is 12.4. The Bertz CT molecular complexity index is 389. The topological polar surface area (TPSA) is 15.3 Å². The molecule has 0 amide bonds. The van der Waals surface area contributed by atoms with Gasteiger partial charge in [0.1, 0.15) is 11.6 Å². The third-order valence-corrected chi connectivity index (χ3v) is 3.63. The Hall–Kier alpha value is -1.00. The number of nitrogens with zero attached hydrogens (tertiary/aromatic N) is 1. The molecule has 17 heavy (non-hydrogen) atoms. The fraction of sp³-hybridized carbons (Fsp3) is 0.538. The van der Waals surface area contributed by atoms with Gasteiger partial charge in [-0.05, 0) is 33.0 Å². The van der Waals surface area contributed by atoms with Gasteiger partial charge in [-0.25, -0.2) is 8.78 Å². The predicted octanol–water partition coefficient (Wildman–Crippen LogP) is 2.32. The van der Waals surface area contributed by atoms with E-state index in [1.54, 1.807) is 0 Å². The molecule has 0 aliphatic carbocycles. The van der Waals surface area contributed by atoms with Crippen LogP contribution >= 0.6 is 0 Å². The average Bonchev–Trinajstić information content (AvgIpc) is 2.80. The minimum absolute atomic E-state index is 0.0412. The summed E-state index contributed by atoms with van der Waals surface area (Å²) >= 11 is 0. The first kappa shape index (κ1) is 12.5. The second kappa shape index (κ2) is 5.10. The van der Waals surface area contributed by atoms with Crippen LogP contribution in [-0.4, -0.2) is 31.1 Å². The van der Waals surface area contributed by atoms with Gasteiger partial charge in [0.2, 0.25) is 0 Å². The quantitative estimate of drug-likeness (QED) is 0.872. The smallest absolute Gasteiger partial charge is 0.130 e. The van der Waals surface area contributed by atoms with Crippen molar-refractivity contribution in [2.45, 2.75) is 25.4 Å². The maximum atomic E-state index is 13.7. The summed E-state index contributed by atoms with van der Waals surface area (Å²) in [5, 5.41) is 3.29. The molecule has 4 heteroatoms. The maximum Gasteiger partial charge on any atom is 0.130 e. The molecule has 1 N–H and O–H groups in total. The van der Waals surface area contributed by atoms with Gasteiger partial charge in [0.15, 0.2) is 0 Å². The molecule has 1 fully saturated rings. The lowest BCUT2D eigenvalue weighted by atomic mass is 10.0. The van der Waals surface area contributed by atoms with E-state index in [2.05, 4.69) is 10.2 Å². The maximum absolute atomic E-state index is 13.7. The second-order valence-electron chi connectivity index (χ2n) is 4.65. The van der Waals surface area contributed by atoms with Crippen molar-refractivity contribution in [1.82, 2.24) is 10.2 Å². The second-order valence-corrected chi connectivity index (χ2v) is 4.65. The minimum atomic E-state index is -0.524. The molecule has 1 aromatic rings. The van der Waals surface area contributed by atoms with Gasteiger partial charge in [0.25, 0.3) is 0 Å². The largest absolute Gasteiger partial charge is 0.315 e. The number of halogens is 2. The van der Waals surface area contributed by atoms with Crippen LogP contribution in [0, 0.1) is 11.6 Å². The zero-order valence-electron chi connectivity index (χ0n) is 10.2. The highest BCUT2D eigenvalue weighted by molar-refractivity contribution is 5.22. The lowest BCUT2D eigenvalue weighted by Gasteiger charge is -2.30. The van der Waals surface area contributed by atoms with E-state index in [4.69, 9.17) is 0 Å². The lowest BCUT2D eigenvalue weighted by molar-refractivity contribution is 0.193. The highest BCUT2D eigenvalue weighted by Crippen LogP contribution is 2.25. The standard InChI is InChI=1S/C13H18F2N2/c1-9(17(2)11-5-6-16-8-11)12-4-3-10(14)7-13(12)15/h3-4,7,9,11,16H,5-6,8H2,1-2H3. The van der Waals surface area contributed by atoms with E-state index in [1.807, 2.05) is 14.0 Å². The first-order chi connectivity index (χ1) is 8.09. The normalized spacial score (nSPS) is 22.1. The van der Waals surface area contributed by atoms with Crippen LogP contribution in [0.4, 0.5) is 8.78 Å². The van der Waals surface area contributed by atoms with E-state index < -0.39 is 11.6 Å². The van der Waals surface area contributed by atoms with Gasteiger partial charge in [-0.2, -0.15) is 0 Å². The molecule has 2 nitrogen and oxygen atoms in total. The SMILES string of the molecule is CC(c1ccc(F)cc1F)N(C)C1CCNC1. The van der Waals surface area contributed by atoms with Crippen LogP contribution in [0.1, 0.15) is 24.9 Å². The van der Waals surface area contributed by atoms with Crippen molar-refractivity contribution in [3.05, 3.63) is 35.4 Å². The van der Waals surface area contributed by atoms with Gasteiger partial charge in [-0.15, -0.1) is 0 Å². The molecule has 2 unspecified atom stereocenters. The van der Waals surface area contributed by atoms with Crippen LogP contribution in [0.5, 0.6) is 0 Å². The van der Waals surface area contributed by atoms with Crippen molar-refractivity contribution in [3.8, 4) is 0 Å². The van der Waals surface area contributed by atoms with Gasteiger partial charge in [0.05, 0.1) is 0 Å². The number of likely N-dealkylation sites (N-methyl/N-ethyl adjacent to an activating group) is 1. The van der Waals surface area contributed by atoms with Gasteiger partial charge < -0.3 is 5.32 Å². The summed E-state index contributed by atoms with van der Waals surface area (Å²) in [4.78, 5) is 2.15. The molecular weight excluding hydrogens is 222 g/mol. The van der Waals surface area contributed by atoms with E-state index in [0.29, 0.717) is 11.6 Å². The predicted molar refractivity (Wildman–Crippen MR) is 63.8 cm³/mol. The molecule has 94 valence electrons. The lowest BCUT2D eigenvalue weighted by Crippen LogP contribution is -2.35. The third kappa shape index (κ3) is 2.64. The summed E-state index contributed by atoms with van der Waals surface area (Å²) < 4.78 is 26.5. The van der Waals surface area contributed by atoms with Gasteiger partial charge in [-0.3, -0.25) is 4.90 Å². The zero-order valence-corrected chi connectivity index (χ0v) is 10.2. The molecular formula is C13H18F2N2. The summed E-state index contributed by atoms with van der Waals surface area (Å²) in [7, 11) is 1.99. The van der Waals surface area contributed by atoms with Crippen molar-refractivity contribution in [2.24, 2.45) is 0 Å². The minimum Gasteiger partial charge on any atom is -0.315 e. The molecule has 0 radical (unpaired) electrons. The molecule has 1 aromatic carbocycles. The van der Waals surface area contributed by atoms with Crippen LogP contribution in [0.15, 0.2) is 18.2 Å². The molecule has 1 aliphatic rings. The monoisotopic (exact) mass is 240 g/mol. The Morgan fingerprint density at radius 2 is 2.18 bits per heavy atom. The summed E-state index contributed by atoms with van der Waals surface area (Å²) in [6, 6.07) is 4.19. The number of hydrogen-bond acceptors (Lipinski definition) is 2. The van der Waals surface area contributed by atoms with Crippen molar-refractivity contribution in [1.29, 1.82) is 0 Å². The van der Waals surface area contributed by atoms with Crippen LogP contribution in [0.25, 0.3) is 0 Å². The number of benzene rings is 1. The Labute approximate surface area is 101 Å². The number of nitrogens with one attached hydrogen (secondary N) is 1. The average molecular weight is 240 g/mol. The van der Waals surface area contributed by atoms with E-state index in [9.17, 15) is 8.78 Å². The van der Waals surface area contributed by atoms with E-state index in [0.717, 1.165) is 25.6 Å². The summed E-state index contributed by atoms with van der Waals surface area (Å²) in [5.74, 6) is -0.987. The van der Waals surface area contributed by atoms with Crippen molar-refractivity contribution >= 4 is 0 Å². The molecule has 0 bridgehead atoms. The van der Waals surface area contributed by atoms with Gasteiger partial charge in [0, 0.05) is 30.3 Å². The molecule has 2 rings (SSSR count). The molecule has 2 atom stereocenters. The van der Waals surface area contributed by atoms with Gasteiger partial charge in [-0.1, -0.05) is 6.07 Å². The highest BCUT2D eigenvalue weighted by Gasteiger charge is 2.25. The molecule has 1 heterocycles. The Kier molecular flexibility index (Phi) is 3.74. The van der Waals surface area contributed by atoms with Crippen LogP contribution in [0.3, 0.4) is 0 Å². The first-order valence-electron chi connectivity index (χ1n) is 5.97. The van der Waals surface area contributed by atoms with E-state index in [-0.39, 0.29) is 6.04 Å². The molecule has 1 saturated heterocycles. The molecule has 1 aliphatic heterocycles. The third-order valence-electron chi connectivity index (χ3n) is 3.63. The van der Waals surface area contributed by atoms with Gasteiger partial charge >= 0.3 is 0 Å². The number of rotatable bonds is 3. The summed E-state index contributed by atoms with van der Waals surface area (Å²) in [5.41, 5.74) is 0.556. The van der Waals surface area contributed by atoms with Crippen molar-refractivity contribution < 1.29 is 8.78 Å². The van der Waals surface area contributed by atoms with Crippen LogP contribution in [0.2, 0.25) is 0 Å². The van der Waals surface area contributed by atoms with Crippen LogP contribution < -0.4 is 5.32 Å². The number of hydrogen-bond donors (Lipinski definition) is 1.